The maximum atomic E-state index is 13.2. The van der Waals surface area contributed by atoms with Crippen LogP contribution >= 0.6 is 0 Å². The van der Waals surface area contributed by atoms with Gasteiger partial charge in [0.15, 0.2) is 5.03 Å². The molecular weight excluding hydrogens is 322 g/mol. The average molecular weight is 347 g/mol. The van der Waals surface area contributed by atoms with Crippen molar-refractivity contribution in [3.63, 3.8) is 0 Å². The summed E-state index contributed by atoms with van der Waals surface area (Å²) in [6.07, 6.45) is 1.56. The van der Waals surface area contributed by atoms with Crippen LogP contribution in [0.25, 0.3) is 0 Å². The van der Waals surface area contributed by atoms with Gasteiger partial charge in [-0.15, -0.1) is 0 Å². The van der Waals surface area contributed by atoms with Crippen molar-refractivity contribution in [1.82, 2.24) is 14.1 Å². The highest BCUT2D eigenvalue weighted by molar-refractivity contribution is 7.89. The minimum Gasteiger partial charge on any atom is -0.250 e. The van der Waals surface area contributed by atoms with E-state index in [4.69, 9.17) is 0 Å². The van der Waals surface area contributed by atoms with E-state index >= 15 is 0 Å². The topological polar surface area (TPSA) is 55.2 Å². The first-order chi connectivity index (χ1) is 11.2. The fourth-order valence-electron chi connectivity index (χ4n) is 3.53. The fourth-order valence-corrected chi connectivity index (χ4v) is 5.37. The Kier molecular flexibility index (Phi) is 4.30. The van der Waals surface area contributed by atoms with Gasteiger partial charge < -0.3 is 0 Å². The van der Waals surface area contributed by atoms with Crippen LogP contribution in [0.15, 0.2) is 47.6 Å². The van der Waals surface area contributed by atoms with Crippen molar-refractivity contribution in [3.8, 4) is 0 Å². The number of hydrogen-bond acceptors (Lipinski definition) is 3. The van der Waals surface area contributed by atoms with Crippen LogP contribution in [0, 0.1) is 5.41 Å². The predicted octanol–water partition coefficient (Wildman–Crippen LogP) is 3.28. The van der Waals surface area contributed by atoms with Crippen LogP contribution in [-0.2, 0) is 10.0 Å². The Morgan fingerprint density at radius 2 is 1.83 bits per heavy atom. The molecule has 1 aliphatic heterocycles. The molecule has 0 spiro atoms. The van der Waals surface area contributed by atoms with Crippen molar-refractivity contribution in [1.29, 1.82) is 0 Å². The van der Waals surface area contributed by atoms with Gasteiger partial charge in [0.05, 0.1) is 6.20 Å². The second kappa shape index (κ2) is 6.01. The minimum absolute atomic E-state index is 0.00492. The van der Waals surface area contributed by atoms with Gasteiger partial charge in [-0.25, -0.2) is 8.42 Å². The van der Waals surface area contributed by atoms with Crippen LogP contribution in [0.4, 0.5) is 0 Å². The molecule has 24 heavy (non-hydrogen) atoms. The van der Waals surface area contributed by atoms with E-state index < -0.39 is 10.0 Å². The zero-order valence-corrected chi connectivity index (χ0v) is 15.5. The summed E-state index contributed by atoms with van der Waals surface area (Å²) < 4.78 is 29.5. The van der Waals surface area contributed by atoms with E-state index in [-0.39, 0.29) is 22.4 Å². The molecule has 0 saturated carbocycles. The van der Waals surface area contributed by atoms with Crippen molar-refractivity contribution >= 4 is 10.0 Å². The second-order valence-corrected chi connectivity index (χ2v) is 9.34. The Balaban J connectivity index is 1.95. The van der Waals surface area contributed by atoms with Crippen LogP contribution in [0.3, 0.4) is 0 Å². The van der Waals surface area contributed by atoms with E-state index in [1.165, 1.54) is 5.56 Å². The van der Waals surface area contributed by atoms with Crippen LogP contribution in [0.2, 0.25) is 0 Å². The molecule has 1 saturated heterocycles. The molecule has 0 radical (unpaired) electrons. The molecule has 2 heterocycles. The van der Waals surface area contributed by atoms with E-state index in [1.54, 1.807) is 21.3 Å². The van der Waals surface area contributed by atoms with E-state index in [1.807, 2.05) is 32.0 Å². The van der Waals surface area contributed by atoms with Gasteiger partial charge in [0.1, 0.15) is 0 Å². The summed E-state index contributed by atoms with van der Waals surface area (Å²) >= 11 is 0. The third kappa shape index (κ3) is 2.89. The van der Waals surface area contributed by atoms with Crippen molar-refractivity contribution in [2.75, 3.05) is 13.1 Å². The number of nitrogens with zero attached hydrogens (tertiary/aromatic N) is 3. The molecule has 6 heteroatoms. The molecule has 1 fully saturated rings. The molecular formula is C18H25N3O2S. The third-order valence-electron chi connectivity index (χ3n) is 4.84. The molecule has 130 valence electrons. The van der Waals surface area contributed by atoms with Gasteiger partial charge in [0.25, 0.3) is 10.0 Å². The number of hydrogen-bond donors (Lipinski definition) is 0. The van der Waals surface area contributed by atoms with Gasteiger partial charge in [0, 0.05) is 25.0 Å². The number of rotatable bonds is 4. The maximum Gasteiger partial charge on any atom is 0.260 e. The molecule has 1 aromatic heterocycles. The zero-order valence-electron chi connectivity index (χ0n) is 14.7. The zero-order chi connectivity index (χ0) is 17.5. The van der Waals surface area contributed by atoms with Gasteiger partial charge in [-0.3, -0.25) is 4.68 Å². The maximum absolute atomic E-state index is 13.2. The summed E-state index contributed by atoms with van der Waals surface area (Å²) in [7, 11) is -3.55. The van der Waals surface area contributed by atoms with Gasteiger partial charge in [-0.1, -0.05) is 44.2 Å². The Morgan fingerprint density at radius 3 is 2.46 bits per heavy atom. The highest BCUT2D eigenvalue weighted by Crippen LogP contribution is 2.44. The smallest absolute Gasteiger partial charge is 0.250 e. The summed E-state index contributed by atoms with van der Waals surface area (Å²) in [5.41, 5.74) is 1.08. The van der Waals surface area contributed by atoms with Crippen molar-refractivity contribution in [3.05, 3.63) is 48.2 Å². The Labute approximate surface area is 144 Å². The van der Waals surface area contributed by atoms with Crippen LogP contribution in [-0.4, -0.2) is 35.6 Å². The van der Waals surface area contributed by atoms with Crippen molar-refractivity contribution in [2.45, 2.75) is 44.7 Å². The molecule has 5 nitrogen and oxygen atoms in total. The largest absolute Gasteiger partial charge is 0.260 e. The number of benzene rings is 1. The molecule has 0 aliphatic carbocycles. The van der Waals surface area contributed by atoms with Crippen molar-refractivity contribution < 1.29 is 8.42 Å². The summed E-state index contributed by atoms with van der Waals surface area (Å²) in [5, 5.41) is 4.46. The lowest BCUT2D eigenvalue weighted by Gasteiger charge is -2.25. The van der Waals surface area contributed by atoms with Crippen LogP contribution < -0.4 is 0 Å². The first-order valence-electron chi connectivity index (χ1n) is 8.32. The molecule has 2 aromatic rings. The Hall–Kier alpha value is -1.66. The lowest BCUT2D eigenvalue weighted by Crippen LogP contribution is -2.32. The Bertz CT molecular complexity index is 810. The van der Waals surface area contributed by atoms with Gasteiger partial charge in [-0.2, -0.15) is 9.40 Å². The molecule has 1 aromatic carbocycles. The minimum atomic E-state index is -3.55. The van der Waals surface area contributed by atoms with E-state index in [0.717, 1.165) is 0 Å². The summed E-state index contributed by atoms with van der Waals surface area (Å²) in [6.45, 7) is 9.17. The molecule has 1 atom stereocenters. The summed E-state index contributed by atoms with van der Waals surface area (Å²) in [6, 6.07) is 11.8. The van der Waals surface area contributed by atoms with Gasteiger partial charge in [-0.05, 0) is 30.9 Å². The quantitative estimate of drug-likeness (QED) is 0.853. The lowest BCUT2D eigenvalue weighted by molar-refractivity contribution is 0.345. The van der Waals surface area contributed by atoms with E-state index in [2.05, 4.69) is 31.1 Å². The normalized spacial score (nSPS) is 21.5. The van der Waals surface area contributed by atoms with E-state index in [9.17, 15) is 8.42 Å². The number of sulfonamides is 1. The van der Waals surface area contributed by atoms with Gasteiger partial charge >= 0.3 is 0 Å². The summed E-state index contributed by atoms with van der Waals surface area (Å²) in [4.78, 5) is 0. The standard InChI is InChI=1S/C18H25N3O2S/c1-14(2)21-17(10-11-19-21)24(22,23)20-12-16(18(3,4)13-20)15-8-6-5-7-9-15/h5-11,14,16H,12-13H2,1-4H3/t16-/m0/s1. The molecule has 3 rings (SSSR count). The number of aromatic nitrogens is 2. The predicted molar refractivity (Wildman–Crippen MR) is 94.3 cm³/mol. The second-order valence-electron chi connectivity index (χ2n) is 7.46. The highest BCUT2D eigenvalue weighted by Gasteiger charge is 2.45. The molecule has 0 N–H and O–H groups in total. The third-order valence-corrected chi connectivity index (χ3v) is 6.65. The SMILES string of the molecule is CC(C)n1nccc1S(=O)(=O)N1C[C@@H](c2ccccc2)C(C)(C)C1. The van der Waals surface area contributed by atoms with Crippen LogP contribution in [0.5, 0.6) is 0 Å². The lowest BCUT2D eigenvalue weighted by atomic mass is 9.78. The highest BCUT2D eigenvalue weighted by atomic mass is 32.2. The monoisotopic (exact) mass is 347 g/mol. The first-order valence-corrected chi connectivity index (χ1v) is 9.76. The molecule has 0 bridgehead atoms. The molecule has 0 amide bonds. The Morgan fingerprint density at radius 1 is 1.17 bits per heavy atom. The van der Waals surface area contributed by atoms with Crippen molar-refractivity contribution in [2.24, 2.45) is 5.41 Å². The molecule has 0 unspecified atom stereocenters. The van der Waals surface area contributed by atoms with Gasteiger partial charge in [0.2, 0.25) is 0 Å². The molecule has 1 aliphatic rings. The summed E-state index contributed by atoms with van der Waals surface area (Å²) in [5.74, 6) is 0.184. The average Bonchev–Trinajstić information content (AvgIpc) is 3.13. The fraction of sp³-hybridized carbons (Fsp3) is 0.500. The van der Waals surface area contributed by atoms with Crippen LogP contribution in [0.1, 0.15) is 45.2 Å². The van der Waals surface area contributed by atoms with E-state index in [0.29, 0.717) is 13.1 Å². The first kappa shape index (κ1) is 17.2.